The van der Waals surface area contributed by atoms with E-state index in [1.807, 2.05) is 6.92 Å². The maximum absolute atomic E-state index is 13.1. The van der Waals surface area contributed by atoms with Crippen LogP contribution in [0.25, 0.3) is 0 Å². The van der Waals surface area contributed by atoms with Crippen LogP contribution in [-0.4, -0.2) is 44.9 Å². The summed E-state index contributed by atoms with van der Waals surface area (Å²) in [5, 5.41) is 18.3. The minimum absolute atomic E-state index is 0.0114. The summed E-state index contributed by atoms with van der Waals surface area (Å²) in [5.41, 5.74) is 0. The lowest BCUT2D eigenvalue weighted by Crippen LogP contribution is -2.48. The fourth-order valence-electron chi connectivity index (χ4n) is 4.64. The van der Waals surface area contributed by atoms with Crippen LogP contribution < -0.4 is 0 Å². The number of fused-ring (bicyclic) bond motifs is 1. The summed E-state index contributed by atoms with van der Waals surface area (Å²) in [7, 11) is 0. The van der Waals surface area contributed by atoms with E-state index in [1.165, 1.54) is 0 Å². The number of ketones is 1. The molecular formula is C20H29NO5. The largest absolute Gasteiger partial charge is 0.480 e. The molecule has 1 heterocycles. The molecule has 26 heavy (non-hydrogen) atoms. The van der Waals surface area contributed by atoms with Gasteiger partial charge in [0.05, 0.1) is 0 Å². The molecule has 2 fully saturated rings. The molecule has 5 atom stereocenters. The number of carboxylic acid groups (broad SMARTS) is 1. The predicted molar refractivity (Wildman–Crippen MR) is 95.5 cm³/mol. The van der Waals surface area contributed by atoms with Gasteiger partial charge in [0.2, 0.25) is 11.7 Å². The summed E-state index contributed by atoms with van der Waals surface area (Å²) in [4.78, 5) is 38.5. The van der Waals surface area contributed by atoms with Gasteiger partial charge in [0, 0.05) is 23.8 Å². The molecule has 0 radical (unpaired) electrons. The molecule has 2 aliphatic rings. The zero-order chi connectivity index (χ0) is 19.3. The Balaban J connectivity index is 2.14. The third kappa shape index (κ3) is 4.38. The normalized spacial score (nSPS) is 27.0. The van der Waals surface area contributed by atoms with Gasteiger partial charge in [0.1, 0.15) is 12.1 Å². The van der Waals surface area contributed by atoms with Gasteiger partial charge >= 0.3 is 5.97 Å². The van der Waals surface area contributed by atoms with Crippen LogP contribution in [0.1, 0.15) is 65.2 Å². The summed E-state index contributed by atoms with van der Waals surface area (Å²) < 4.78 is 0. The van der Waals surface area contributed by atoms with E-state index in [1.54, 1.807) is 17.9 Å². The highest BCUT2D eigenvalue weighted by molar-refractivity contribution is 5.97. The fourth-order valence-corrected chi connectivity index (χ4v) is 4.64. The lowest BCUT2D eigenvalue weighted by Gasteiger charge is -2.35. The van der Waals surface area contributed by atoms with E-state index in [4.69, 9.17) is 5.11 Å². The summed E-state index contributed by atoms with van der Waals surface area (Å²) in [5.74, 6) is 0.113. The number of likely N-dealkylation sites (tertiary alicyclic amines) is 1. The van der Waals surface area contributed by atoms with Crippen molar-refractivity contribution in [3.8, 4) is 12.0 Å². The number of amides is 1. The van der Waals surface area contributed by atoms with Crippen LogP contribution >= 0.6 is 0 Å². The molecule has 0 aromatic rings. The third-order valence-corrected chi connectivity index (χ3v) is 5.87. The number of Topliss-reactive ketones (excluding diaryl/α,β-unsaturated/α-hetero) is 1. The van der Waals surface area contributed by atoms with E-state index in [0.29, 0.717) is 19.3 Å². The van der Waals surface area contributed by atoms with E-state index in [0.717, 1.165) is 32.1 Å². The zero-order valence-electron chi connectivity index (χ0n) is 15.6. The topological polar surface area (TPSA) is 94.9 Å². The first-order valence-corrected chi connectivity index (χ1v) is 9.64. The minimum atomic E-state index is -0.938. The lowest BCUT2D eigenvalue weighted by molar-refractivity contribution is -0.152. The first kappa shape index (κ1) is 20.3. The van der Waals surface area contributed by atoms with Gasteiger partial charge < -0.3 is 15.1 Å². The Kier molecular flexibility index (Phi) is 7.07. The molecule has 6 heteroatoms. The number of hydrogen-bond acceptors (Lipinski definition) is 4. The number of nitrogens with zero attached hydrogens (tertiary/aromatic N) is 1. The second kappa shape index (κ2) is 9.07. The highest BCUT2D eigenvalue weighted by Gasteiger charge is 2.48. The molecule has 0 bridgehead atoms. The Bertz CT molecular complexity index is 605. The van der Waals surface area contributed by atoms with Crippen LogP contribution in [0, 0.1) is 29.8 Å². The SMILES string of the molecule is CCC[C@H](C[C@@H](C)C(=O)N1[C@H](C(=O)O)C[C@@H]2CCCC[C@@H]21)C(=O)C#CO. The van der Waals surface area contributed by atoms with Crippen LogP contribution in [0.15, 0.2) is 0 Å². The molecule has 144 valence electrons. The third-order valence-electron chi connectivity index (χ3n) is 5.87. The van der Waals surface area contributed by atoms with E-state index in [9.17, 15) is 19.5 Å². The lowest BCUT2D eigenvalue weighted by atomic mass is 9.84. The van der Waals surface area contributed by atoms with Crippen LogP contribution in [0.5, 0.6) is 0 Å². The molecule has 1 saturated carbocycles. The van der Waals surface area contributed by atoms with Gasteiger partial charge in [-0.2, -0.15) is 0 Å². The zero-order valence-corrected chi connectivity index (χ0v) is 15.6. The first-order chi connectivity index (χ1) is 12.4. The smallest absolute Gasteiger partial charge is 0.326 e. The quantitative estimate of drug-likeness (QED) is 0.678. The van der Waals surface area contributed by atoms with Gasteiger partial charge in [-0.1, -0.05) is 33.1 Å². The summed E-state index contributed by atoms with van der Waals surface area (Å²) >= 11 is 0. The molecule has 2 rings (SSSR count). The number of aliphatic hydroxyl groups excluding tert-OH is 1. The van der Waals surface area contributed by atoms with Gasteiger partial charge in [-0.3, -0.25) is 9.59 Å². The average molecular weight is 363 g/mol. The minimum Gasteiger partial charge on any atom is -0.480 e. The summed E-state index contributed by atoms with van der Waals surface area (Å²) in [6.07, 6.45) is 7.85. The van der Waals surface area contributed by atoms with Crippen LogP contribution in [0.3, 0.4) is 0 Å². The fraction of sp³-hybridized carbons (Fsp3) is 0.750. The number of carbonyl (C=O) groups excluding carboxylic acids is 2. The number of carboxylic acids is 1. The molecule has 0 aromatic heterocycles. The van der Waals surface area contributed by atoms with Gasteiger partial charge in [-0.25, -0.2) is 4.79 Å². The maximum Gasteiger partial charge on any atom is 0.326 e. The van der Waals surface area contributed by atoms with Crippen molar-refractivity contribution in [1.82, 2.24) is 4.90 Å². The van der Waals surface area contributed by atoms with E-state index in [2.05, 4.69) is 5.92 Å². The number of hydrogen-bond donors (Lipinski definition) is 2. The van der Waals surface area contributed by atoms with Crippen molar-refractivity contribution in [3.63, 3.8) is 0 Å². The van der Waals surface area contributed by atoms with Gasteiger partial charge in [0.25, 0.3) is 0 Å². The molecule has 1 aliphatic carbocycles. The Hall–Kier alpha value is -2.03. The average Bonchev–Trinajstić information content (AvgIpc) is 3.00. The molecule has 1 amide bonds. The Labute approximate surface area is 154 Å². The van der Waals surface area contributed by atoms with Gasteiger partial charge in [-0.05, 0) is 38.0 Å². The highest BCUT2D eigenvalue weighted by atomic mass is 16.4. The molecule has 2 N–H and O–H groups in total. The van der Waals surface area contributed by atoms with Gasteiger partial charge in [-0.15, -0.1) is 0 Å². The molecule has 1 saturated heterocycles. The number of aliphatic hydroxyl groups is 1. The molecule has 0 aromatic carbocycles. The molecule has 1 aliphatic heterocycles. The van der Waals surface area contributed by atoms with Crippen LogP contribution in [0.4, 0.5) is 0 Å². The van der Waals surface area contributed by atoms with Crippen molar-refractivity contribution >= 4 is 17.7 Å². The van der Waals surface area contributed by atoms with Crippen molar-refractivity contribution in [1.29, 1.82) is 0 Å². The highest BCUT2D eigenvalue weighted by Crippen LogP contribution is 2.41. The second-order valence-corrected chi connectivity index (χ2v) is 7.67. The Morgan fingerprint density at radius 3 is 2.54 bits per heavy atom. The Morgan fingerprint density at radius 1 is 1.23 bits per heavy atom. The predicted octanol–water partition coefficient (Wildman–Crippen LogP) is 2.58. The number of carbonyl (C=O) groups is 3. The van der Waals surface area contributed by atoms with Crippen molar-refractivity contribution in [2.24, 2.45) is 17.8 Å². The van der Waals surface area contributed by atoms with Crippen molar-refractivity contribution in [2.45, 2.75) is 77.3 Å². The van der Waals surface area contributed by atoms with Crippen molar-refractivity contribution in [2.75, 3.05) is 0 Å². The first-order valence-electron chi connectivity index (χ1n) is 9.64. The molecule has 0 unspecified atom stereocenters. The summed E-state index contributed by atoms with van der Waals surface area (Å²) in [6, 6.07) is -0.743. The summed E-state index contributed by atoms with van der Waals surface area (Å²) in [6.45, 7) is 3.71. The second-order valence-electron chi connectivity index (χ2n) is 7.67. The van der Waals surface area contributed by atoms with Crippen LogP contribution in [-0.2, 0) is 14.4 Å². The monoisotopic (exact) mass is 363 g/mol. The van der Waals surface area contributed by atoms with Crippen LogP contribution in [0.2, 0.25) is 0 Å². The molecule has 6 nitrogen and oxygen atoms in total. The van der Waals surface area contributed by atoms with Gasteiger partial charge in [0.15, 0.2) is 0 Å². The molecule has 0 spiro atoms. The molecular weight excluding hydrogens is 334 g/mol. The Morgan fingerprint density at radius 2 is 1.92 bits per heavy atom. The van der Waals surface area contributed by atoms with E-state index < -0.39 is 23.8 Å². The van der Waals surface area contributed by atoms with Crippen molar-refractivity contribution < 1.29 is 24.6 Å². The van der Waals surface area contributed by atoms with E-state index in [-0.39, 0.29) is 23.7 Å². The number of rotatable bonds is 7. The van der Waals surface area contributed by atoms with Crippen molar-refractivity contribution in [3.05, 3.63) is 0 Å². The van der Waals surface area contributed by atoms with E-state index >= 15 is 0 Å². The number of aliphatic carboxylic acids is 1. The standard InChI is InChI=1S/C20H29NO5/c1-3-6-15(18(23)9-10-22)11-13(2)19(24)21-16-8-5-4-7-14(16)12-17(21)20(25)26/h13-17,22H,3-8,11-12H2,1-2H3,(H,25,26)/t13-,14+,15-,16+,17+/m1/s1. The maximum atomic E-state index is 13.1.